The Morgan fingerprint density at radius 3 is 2.42 bits per heavy atom. The number of ketones is 1. The molecule has 0 aliphatic rings. The zero-order valence-electron chi connectivity index (χ0n) is 13.3. The number of Topliss-reactive ketones (excluding diaryl/α,β-unsaturated/α-hetero) is 1. The largest absolute Gasteiger partial charge is 0.299 e. The number of aryl methyl sites for hydroxylation is 2. The van der Waals surface area contributed by atoms with Gasteiger partial charge in [0.05, 0.1) is 0 Å². The van der Waals surface area contributed by atoms with Crippen LogP contribution in [0.3, 0.4) is 0 Å². The molecule has 0 fully saturated rings. The molecule has 0 amide bonds. The summed E-state index contributed by atoms with van der Waals surface area (Å²) in [5.41, 5.74) is 3.95. The third-order valence-electron chi connectivity index (χ3n) is 3.43. The average Bonchev–Trinajstić information content (AvgIpc) is 2.20. The predicted molar refractivity (Wildman–Crippen MR) is 82.5 cm³/mol. The minimum Gasteiger partial charge on any atom is -0.299 e. The predicted octanol–water partition coefficient (Wildman–Crippen LogP) is 4.88. The van der Waals surface area contributed by atoms with Crippen LogP contribution in [0.15, 0.2) is 18.2 Å². The van der Waals surface area contributed by atoms with Crippen LogP contribution < -0.4 is 0 Å². The van der Waals surface area contributed by atoms with Crippen LogP contribution in [-0.4, -0.2) is 5.78 Å². The standard InChI is InChI=1S/C18H28O/c1-13-7-8-15(3)16(9-13)11-17(19)10-14(2)12-18(4,5)6/h7-9,14H,10-12H2,1-6H3. The quantitative estimate of drug-likeness (QED) is 0.737. The molecular formula is C18H28O. The smallest absolute Gasteiger partial charge is 0.137 e. The van der Waals surface area contributed by atoms with Crippen molar-refractivity contribution in [3.63, 3.8) is 0 Å². The van der Waals surface area contributed by atoms with Crippen molar-refractivity contribution in [1.82, 2.24) is 0 Å². The number of carbonyl (C=O) groups is 1. The molecule has 0 aromatic heterocycles. The van der Waals surface area contributed by atoms with Crippen molar-refractivity contribution < 1.29 is 4.79 Å². The third kappa shape index (κ3) is 6.04. The molecule has 0 aliphatic carbocycles. The van der Waals surface area contributed by atoms with Crippen molar-refractivity contribution in [2.24, 2.45) is 11.3 Å². The molecule has 0 N–H and O–H groups in total. The number of hydrogen-bond donors (Lipinski definition) is 0. The molecular weight excluding hydrogens is 232 g/mol. The molecule has 19 heavy (non-hydrogen) atoms. The fourth-order valence-corrected chi connectivity index (χ4v) is 2.78. The highest BCUT2D eigenvalue weighted by atomic mass is 16.1. The molecule has 0 heterocycles. The van der Waals surface area contributed by atoms with Crippen molar-refractivity contribution in [3.8, 4) is 0 Å². The summed E-state index contributed by atoms with van der Waals surface area (Å²) in [4.78, 5) is 12.2. The summed E-state index contributed by atoms with van der Waals surface area (Å²) in [6.07, 6.45) is 2.39. The van der Waals surface area contributed by atoms with Crippen LogP contribution in [0.2, 0.25) is 0 Å². The van der Waals surface area contributed by atoms with E-state index < -0.39 is 0 Å². The van der Waals surface area contributed by atoms with E-state index in [1.807, 2.05) is 0 Å². The monoisotopic (exact) mass is 260 g/mol. The van der Waals surface area contributed by atoms with Crippen LogP contribution >= 0.6 is 0 Å². The van der Waals surface area contributed by atoms with Gasteiger partial charge in [-0.05, 0) is 42.7 Å². The SMILES string of the molecule is Cc1ccc(C)c(CC(=O)CC(C)CC(C)(C)C)c1. The topological polar surface area (TPSA) is 17.1 Å². The van der Waals surface area contributed by atoms with Gasteiger partial charge in [-0.25, -0.2) is 0 Å². The van der Waals surface area contributed by atoms with Crippen LogP contribution in [0, 0.1) is 25.2 Å². The molecule has 0 aliphatic heterocycles. The molecule has 0 saturated heterocycles. The average molecular weight is 260 g/mol. The number of rotatable bonds is 5. The maximum absolute atomic E-state index is 12.2. The molecule has 0 saturated carbocycles. The van der Waals surface area contributed by atoms with Gasteiger partial charge in [0, 0.05) is 12.8 Å². The molecule has 1 unspecified atom stereocenters. The fourth-order valence-electron chi connectivity index (χ4n) is 2.78. The second kappa shape index (κ2) is 6.36. The van der Waals surface area contributed by atoms with Crippen molar-refractivity contribution in [2.75, 3.05) is 0 Å². The van der Waals surface area contributed by atoms with Gasteiger partial charge in [-0.2, -0.15) is 0 Å². The summed E-state index contributed by atoms with van der Waals surface area (Å²) in [5, 5.41) is 0. The lowest BCUT2D eigenvalue weighted by Crippen LogP contribution is -2.15. The van der Waals surface area contributed by atoms with Gasteiger partial charge >= 0.3 is 0 Å². The van der Waals surface area contributed by atoms with Gasteiger partial charge in [0.25, 0.3) is 0 Å². The molecule has 106 valence electrons. The Labute approximate surface area is 118 Å². The Morgan fingerprint density at radius 2 is 1.84 bits per heavy atom. The number of benzene rings is 1. The zero-order chi connectivity index (χ0) is 14.6. The summed E-state index contributed by atoms with van der Waals surface area (Å²) in [6, 6.07) is 6.35. The summed E-state index contributed by atoms with van der Waals surface area (Å²) in [6.45, 7) is 13.1. The summed E-state index contributed by atoms with van der Waals surface area (Å²) < 4.78 is 0. The van der Waals surface area contributed by atoms with E-state index in [4.69, 9.17) is 0 Å². The number of carbonyl (C=O) groups excluding carboxylic acids is 1. The first-order valence-electron chi connectivity index (χ1n) is 7.25. The Morgan fingerprint density at radius 1 is 1.21 bits per heavy atom. The molecule has 1 nitrogen and oxygen atoms in total. The maximum Gasteiger partial charge on any atom is 0.137 e. The van der Waals surface area contributed by atoms with Crippen LogP contribution in [0.1, 0.15) is 57.2 Å². The van der Waals surface area contributed by atoms with Gasteiger partial charge in [0.1, 0.15) is 5.78 Å². The molecule has 0 bridgehead atoms. The Bertz CT molecular complexity index is 437. The normalized spacial score (nSPS) is 13.4. The fraction of sp³-hybridized carbons (Fsp3) is 0.611. The Balaban J connectivity index is 2.58. The highest BCUT2D eigenvalue weighted by Crippen LogP contribution is 2.26. The van der Waals surface area contributed by atoms with Crippen molar-refractivity contribution in [2.45, 2.75) is 60.8 Å². The Hall–Kier alpha value is -1.11. The van der Waals surface area contributed by atoms with E-state index in [0.717, 1.165) is 6.42 Å². The van der Waals surface area contributed by atoms with Gasteiger partial charge in [-0.15, -0.1) is 0 Å². The first kappa shape index (κ1) is 15.9. The highest BCUT2D eigenvalue weighted by molar-refractivity contribution is 5.81. The van der Waals surface area contributed by atoms with Gasteiger partial charge < -0.3 is 0 Å². The molecule has 1 aromatic carbocycles. The van der Waals surface area contributed by atoms with E-state index in [1.165, 1.54) is 16.7 Å². The van der Waals surface area contributed by atoms with E-state index >= 15 is 0 Å². The Kier molecular flexibility index (Phi) is 5.34. The van der Waals surface area contributed by atoms with E-state index in [1.54, 1.807) is 0 Å². The minimum atomic E-state index is 0.305. The van der Waals surface area contributed by atoms with E-state index in [2.05, 4.69) is 59.7 Å². The molecule has 1 rings (SSSR count). The van der Waals surface area contributed by atoms with Crippen molar-refractivity contribution in [3.05, 3.63) is 34.9 Å². The van der Waals surface area contributed by atoms with Gasteiger partial charge in [-0.3, -0.25) is 4.79 Å². The summed E-state index contributed by atoms with van der Waals surface area (Å²) in [7, 11) is 0. The maximum atomic E-state index is 12.2. The summed E-state index contributed by atoms with van der Waals surface area (Å²) >= 11 is 0. The van der Waals surface area contributed by atoms with Gasteiger partial charge in [0.15, 0.2) is 0 Å². The second-order valence-electron chi connectivity index (χ2n) is 7.22. The van der Waals surface area contributed by atoms with Crippen LogP contribution in [0.4, 0.5) is 0 Å². The molecule has 1 atom stereocenters. The van der Waals surface area contributed by atoms with Crippen LogP contribution in [0.5, 0.6) is 0 Å². The lowest BCUT2D eigenvalue weighted by Gasteiger charge is -2.22. The van der Waals surface area contributed by atoms with Crippen LogP contribution in [-0.2, 0) is 11.2 Å². The number of hydrogen-bond acceptors (Lipinski definition) is 1. The van der Waals surface area contributed by atoms with Crippen LogP contribution in [0.25, 0.3) is 0 Å². The zero-order valence-corrected chi connectivity index (χ0v) is 13.3. The van der Waals surface area contributed by atoms with Crippen molar-refractivity contribution in [1.29, 1.82) is 0 Å². The van der Waals surface area contributed by atoms with Gasteiger partial charge in [-0.1, -0.05) is 51.5 Å². The highest BCUT2D eigenvalue weighted by Gasteiger charge is 2.18. The molecule has 0 spiro atoms. The van der Waals surface area contributed by atoms with E-state index in [-0.39, 0.29) is 0 Å². The van der Waals surface area contributed by atoms with Crippen molar-refractivity contribution >= 4 is 5.78 Å². The lowest BCUT2D eigenvalue weighted by molar-refractivity contribution is -0.119. The van der Waals surface area contributed by atoms with Gasteiger partial charge in [0.2, 0.25) is 0 Å². The van der Waals surface area contributed by atoms with E-state index in [0.29, 0.717) is 30.0 Å². The third-order valence-corrected chi connectivity index (χ3v) is 3.43. The molecule has 1 heteroatoms. The lowest BCUT2D eigenvalue weighted by atomic mass is 9.83. The molecule has 0 radical (unpaired) electrons. The molecule has 1 aromatic rings. The minimum absolute atomic E-state index is 0.305. The summed E-state index contributed by atoms with van der Waals surface area (Å²) in [5.74, 6) is 0.836. The second-order valence-corrected chi connectivity index (χ2v) is 7.22. The first-order chi connectivity index (χ1) is 8.67. The van der Waals surface area contributed by atoms with E-state index in [9.17, 15) is 4.79 Å². The first-order valence-corrected chi connectivity index (χ1v) is 7.25.